The minimum atomic E-state index is -1.87. The average molecular weight is 433 g/mol. The summed E-state index contributed by atoms with van der Waals surface area (Å²) in [5.74, 6) is 0.302. The van der Waals surface area contributed by atoms with E-state index in [1.54, 1.807) is 0 Å². The van der Waals surface area contributed by atoms with Crippen molar-refractivity contribution < 1.29 is 21.9 Å². The maximum atomic E-state index is 8.79. The van der Waals surface area contributed by atoms with Crippen molar-refractivity contribution in [2.45, 2.75) is 20.0 Å². The summed E-state index contributed by atoms with van der Waals surface area (Å²) in [4.78, 5) is 3.04. The number of benzene rings is 1. The summed E-state index contributed by atoms with van der Waals surface area (Å²) in [6.45, 7) is 0. The summed E-state index contributed by atoms with van der Waals surface area (Å²) in [6.07, 6.45) is -2.31. The van der Waals surface area contributed by atoms with Crippen LogP contribution in [-0.2, 0) is 4.74 Å². The van der Waals surface area contributed by atoms with E-state index in [0.29, 0.717) is 11.3 Å². The SMILES string of the molecule is N#[N+]c1ccc2c(c1)C(C(Cl)(Cl)Cl)OC(C(Cl)(Cl)Cl)O2.[Cl-]. The Morgan fingerprint density at radius 2 is 1.67 bits per heavy atom. The highest BCUT2D eigenvalue weighted by atomic mass is 35.6. The van der Waals surface area contributed by atoms with Gasteiger partial charge < -0.3 is 21.9 Å². The molecular formula is C10H5Cl7N2O2. The van der Waals surface area contributed by atoms with Crippen LogP contribution in [0.25, 0.3) is 4.98 Å². The van der Waals surface area contributed by atoms with E-state index < -0.39 is 20.0 Å². The van der Waals surface area contributed by atoms with Crippen molar-refractivity contribution in [2.24, 2.45) is 0 Å². The zero-order chi connectivity index (χ0) is 15.1. The molecule has 1 heterocycles. The van der Waals surface area contributed by atoms with E-state index in [2.05, 4.69) is 4.98 Å². The lowest BCUT2D eigenvalue weighted by molar-refractivity contribution is -0.136. The average Bonchev–Trinajstić information content (AvgIpc) is 2.34. The van der Waals surface area contributed by atoms with E-state index >= 15 is 0 Å². The Morgan fingerprint density at radius 1 is 1.05 bits per heavy atom. The predicted molar refractivity (Wildman–Crippen MR) is 80.0 cm³/mol. The molecule has 0 saturated heterocycles. The van der Waals surface area contributed by atoms with Crippen molar-refractivity contribution in [3.63, 3.8) is 0 Å². The topological polar surface area (TPSA) is 46.6 Å². The number of hydrogen-bond acceptors (Lipinski definition) is 3. The van der Waals surface area contributed by atoms with E-state index in [0.717, 1.165) is 0 Å². The quantitative estimate of drug-likeness (QED) is 0.467. The van der Waals surface area contributed by atoms with E-state index in [1.807, 2.05) is 0 Å². The predicted octanol–water partition coefficient (Wildman–Crippen LogP) is 2.69. The van der Waals surface area contributed by atoms with Crippen LogP contribution in [0.2, 0.25) is 0 Å². The second-order valence-electron chi connectivity index (χ2n) is 3.87. The fourth-order valence-corrected chi connectivity index (χ4v) is 2.44. The molecule has 21 heavy (non-hydrogen) atoms. The highest BCUT2D eigenvalue weighted by molar-refractivity contribution is 6.68. The minimum absolute atomic E-state index is 0. The molecule has 0 fully saturated rings. The molecular weight excluding hydrogens is 428 g/mol. The van der Waals surface area contributed by atoms with Gasteiger partial charge in [-0.3, -0.25) is 0 Å². The molecule has 0 aliphatic carbocycles. The normalized spacial score (nSPS) is 21.6. The van der Waals surface area contributed by atoms with Crippen LogP contribution >= 0.6 is 69.6 Å². The van der Waals surface area contributed by atoms with Crippen LogP contribution in [0.5, 0.6) is 5.75 Å². The van der Waals surface area contributed by atoms with Gasteiger partial charge in [-0.15, -0.1) is 0 Å². The number of alkyl halides is 6. The third-order valence-corrected chi connectivity index (χ3v) is 3.58. The lowest BCUT2D eigenvalue weighted by Crippen LogP contribution is -3.00. The first-order valence-corrected chi connectivity index (χ1v) is 7.34. The van der Waals surface area contributed by atoms with Crippen molar-refractivity contribution >= 4 is 75.3 Å². The smallest absolute Gasteiger partial charge is 0.385 e. The maximum Gasteiger partial charge on any atom is 0.385 e. The first-order chi connectivity index (χ1) is 9.13. The number of rotatable bonds is 0. The summed E-state index contributed by atoms with van der Waals surface area (Å²) >= 11 is 34.9. The van der Waals surface area contributed by atoms with Gasteiger partial charge in [-0.25, -0.2) is 0 Å². The Labute approximate surface area is 156 Å². The number of halogens is 7. The van der Waals surface area contributed by atoms with Crippen molar-refractivity contribution in [3.05, 3.63) is 28.7 Å². The molecule has 0 bridgehead atoms. The van der Waals surface area contributed by atoms with Crippen molar-refractivity contribution in [2.75, 3.05) is 0 Å². The fraction of sp³-hybridized carbons (Fsp3) is 0.400. The van der Waals surface area contributed by atoms with Gasteiger partial charge in [-0.2, -0.15) is 0 Å². The fourth-order valence-electron chi connectivity index (χ4n) is 1.65. The Hall–Kier alpha value is 0.430. The van der Waals surface area contributed by atoms with Crippen molar-refractivity contribution in [3.8, 4) is 5.75 Å². The maximum absolute atomic E-state index is 8.79. The molecule has 11 heteroatoms. The van der Waals surface area contributed by atoms with Crippen molar-refractivity contribution in [1.29, 1.82) is 5.39 Å². The molecule has 2 atom stereocenters. The van der Waals surface area contributed by atoms with Crippen LogP contribution in [0.3, 0.4) is 0 Å². The Morgan fingerprint density at radius 3 is 2.14 bits per heavy atom. The first kappa shape index (κ1) is 19.5. The summed E-state index contributed by atoms with van der Waals surface area (Å²) < 4.78 is 7.11. The molecule has 0 N–H and O–H groups in total. The van der Waals surface area contributed by atoms with Crippen LogP contribution in [0.1, 0.15) is 11.7 Å². The van der Waals surface area contributed by atoms with Crippen LogP contribution in [0.15, 0.2) is 18.2 Å². The Kier molecular flexibility index (Phi) is 6.40. The van der Waals surface area contributed by atoms with Gasteiger partial charge in [0.2, 0.25) is 15.5 Å². The molecule has 2 rings (SSSR count). The van der Waals surface area contributed by atoms with E-state index in [-0.39, 0.29) is 18.1 Å². The van der Waals surface area contributed by atoms with Gasteiger partial charge in [0.05, 0.1) is 0 Å². The molecule has 0 saturated carbocycles. The Balaban J connectivity index is 0.00000220. The van der Waals surface area contributed by atoms with E-state index in [4.69, 9.17) is 84.5 Å². The van der Waals surface area contributed by atoms with Gasteiger partial charge in [0, 0.05) is 17.7 Å². The minimum Gasteiger partial charge on any atom is -1.00 e. The Bertz CT molecular complexity index is 564. The second kappa shape index (κ2) is 6.90. The van der Waals surface area contributed by atoms with Crippen LogP contribution < -0.4 is 17.1 Å². The number of diazo groups is 1. The second-order valence-corrected chi connectivity index (χ2v) is 8.61. The molecule has 116 valence electrons. The number of ether oxygens (including phenoxy) is 2. The molecule has 4 nitrogen and oxygen atoms in total. The molecule has 0 spiro atoms. The zero-order valence-corrected chi connectivity index (χ0v) is 15.0. The monoisotopic (exact) mass is 430 g/mol. The summed E-state index contributed by atoms with van der Waals surface area (Å²) in [7, 11) is 0. The molecule has 1 aromatic carbocycles. The third-order valence-electron chi connectivity index (χ3n) is 2.45. The van der Waals surface area contributed by atoms with Gasteiger partial charge in [0.1, 0.15) is 11.9 Å². The lowest BCUT2D eigenvalue weighted by Gasteiger charge is -2.37. The van der Waals surface area contributed by atoms with Crippen LogP contribution in [0, 0.1) is 5.39 Å². The molecule has 1 aliphatic rings. The standard InChI is InChI=1S/C10H5Cl6N2O2.ClH/c11-9(12,13)7-5-3-4(18-17)1-2-6(5)19-8(20-7)10(14,15)16;/h1-3,7-8H;1H/q+1;/p-1. The van der Waals surface area contributed by atoms with Crippen LogP contribution in [0.4, 0.5) is 5.69 Å². The number of nitrogens with zero attached hydrogens (tertiary/aromatic N) is 2. The zero-order valence-electron chi connectivity index (χ0n) is 9.74. The first-order valence-electron chi connectivity index (χ1n) is 5.07. The van der Waals surface area contributed by atoms with Gasteiger partial charge in [0.15, 0.2) is 4.98 Å². The van der Waals surface area contributed by atoms with Crippen LogP contribution in [-0.4, -0.2) is 13.9 Å². The molecule has 1 aromatic rings. The third kappa shape index (κ3) is 4.46. The van der Waals surface area contributed by atoms with Crippen molar-refractivity contribution in [1.82, 2.24) is 0 Å². The summed E-state index contributed by atoms with van der Waals surface area (Å²) in [5.41, 5.74) is 0.605. The highest BCUT2D eigenvalue weighted by Gasteiger charge is 2.48. The molecule has 2 unspecified atom stereocenters. The molecule has 0 radical (unpaired) electrons. The summed E-state index contributed by atoms with van der Waals surface area (Å²) in [6, 6.07) is 4.42. The molecule has 0 aromatic heterocycles. The highest BCUT2D eigenvalue weighted by Crippen LogP contribution is 2.51. The van der Waals surface area contributed by atoms with Gasteiger partial charge in [-0.1, -0.05) is 69.6 Å². The van der Waals surface area contributed by atoms with E-state index in [9.17, 15) is 0 Å². The number of fused-ring (bicyclic) bond motifs is 1. The van der Waals surface area contributed by atoms with E-state index in [1.165, 1.54) is 18.2 Å². The van der Waals surface area contributed by atoms with Gasteiger partial charge >= 0.3 is 5.69 Å². The largest absolute Gasteiger partial charge is 1.00 e. The molecule has 0 amide bonds. The molecule has 1 aliphatic heterocycles. The summed E-state index contributed by atoms with van der Waals surface area (Å²) in [5, 5.41) is 8.79. The van der Waals surface area contributed by atoms with Gasteiger partial charge in [-0.05, 0) is 6.07 Å². The number of hydrogen-bond donors (Lipinski definition) is 0. The van der Waals surface area contributed by atoms with Gasteiger partial charge in [0.25, 0.3) is 3.79 Å². The lowest BCUT2D eigenvalue weighted by atomic mass is 10.1.